The minimum absolute atomic E-state index is 0.0409. The molecule has 6 heteroatoms. The van der Waals surface area contributed by atoms with Crippen LogP contribution >= 0.6 is 0 Å². The highest BCUT2D eigenvalue weighted by Gasteiger charge is 2.28. The molecular formula is C15H24F2N4. The van der Waals surface area contributed by atoms with Crippen LogP contribution < -0.4 is 11.3 Å². The van der Waals surface area contributed by atoms with Crippen LogP contribution in [0.5, 0.6) is 0 Å². The zero-order valence-electron chi connectivity index (χ0n) is 12.9. The summed E-state index contributed by atoms with van der Waals surface area (Å²) in [7, 11) is 4.09. The molecule has 1 fully saturated rings. The van der Waals surface area contributed by atoms with Gasteiger partial charge in [-0.25, -0.2) is 8.78 Å². The van der Waals surface area contributed by atoms with Crippen LogP contribution in [-0.4, -0.2) is 49.6 Å². The molecule has 118 valence electrons. The Hall–Kier alpha value is -1.08. The number of likely N-dealkylation sites (N-methyl/N-ethyl adjacent to an activating group) is 2. The van der Waals surface area contributed by atoms with E-state index in [4.69, 9.17) is 5.84 Å². The fourth-order valence-electron chi connectivity index (χ4n) is 2.90. The predicted molar refractivity (Wildman–Crippen MR) is 79.7 cm³/mol. The Bertz CT molecular complexity index is 495. The Morgan fingerprint density at radius 2 is 2.05 bits per heavy atom. The van der Waals surface area contributed by atoms with Gasteiger partial charge in [-0.2, -0.15) is 0 Å². The number of hydrazine groups is 1. The third kappa shape index (κ3) is 3.58. The van der Waals surface area contributed by atoms with E-state index in [1.165, 1.54) is 12.1 Å². The van der Waals surface area contributed by atoms with Crippen LogP contribution in [0.1, 0.15) is 23.6 Å². The molecular weight excluding hydrogens is 274 g/mol. The van der Waals surface area contributed by atoms with Gasteiger partial charge in [-0.05, 0) is 39.1 Å². The molecule has 0 amide bonds. The highest BCUT2D eigenvalue weighted by molar-refractivity contribution is 5.29. The maximum absolute atomic E-state index is 14.3. The molecule has 0 bridgehead atoms. The van der Waals surface area contributed by atoms with Gasteiger partial charge in [-0.1, -0.05) is 6.07 Å². The highest BCUT2D eigenvalue weighted by Crippen LogP contribution is 2.27. The Labute approximate surface area is 124 Å². The van der Waals surface area contributed by atoms with Crippen LogP contribution in [0.25, 0.3) is 0 Å². The normalized spacial score (nSPS) is 22.5. The lowest BCUT2D eigenvalue weighted by atomic mass is 9.95. The van der Waals surface area contributed by atoms with Crippen molar-refractivity contribution in [2.24, 2.45) is 5.84 Å². The van der Waals surface area contributed by atoms with E-state index in [2.05, 4.69) is 22.3 Å². The summed E-state index contributed by atoms with van der Waals surface area (Å²) < 4.78 is 28.3. The third-order valence-electron chi connectivity index (χ3n) is 4.36. The number of nitrogens with one attached hydrogen (secondary N) is 1. The number of aryl methyl sites for hydroxylation is 1. The second kappa shape index (κ2) is 6.79. The SMILES string of the molecule is Cc1ccc(F)c(C(CC2CN(C)CCN2C)NN)c1F. The number of piperazine rings is 1. The lowest BCUT2D eigenvalue weighted by Gasteiger charge is -2.39. The van der Waals surface area contributed by atoms with Crippen molar-refractivity contribution in [1.29, 1.82) is 0 Å². The van der Waals surface area contributed by atoms with Gasteiger partial charge >= 0.3 is 0 Å². The minimum Gasteiger partial charge on any atom is -0.304 e. The molecule has 0 aliphatic carbocycles. The second-order valence-corrected chi connectivity index (χ2v) is 5.94. The molecule has 4 nitrogen and oxygen atoms in total. The summed E-state index contributed by atoms with van der Waals surface area (Å²) in [4.78, 5) is 4.44. The van der Waals surface area contributed by atoms with Crippen molar-refractivity contribution >= 4 is 0 Å². The van der Waals surface area contributed by atoms with Crippen molar-refractivity contribution in [3.63, 3.8) is 0 Å². The summed E-state index contributed by atoms with van der Waals surface area (Å²) in [5.74, 6) is 4.52. The molecule has 0 radical (unpaired) electrons. The highest BCUT2D eigenvalue weighted by atomic mass is 19.1. The number of hydrogen-bond acceptors (Lipinski definition) is 4. The average Bonchev–Trinajstić information content (AvgIpc) is 2.45. The average molecular weight is 298 g/mol. The van der Waals surface area contributed by atoms with Crippen molar-refractivity contribution in [2.75, 3.05) is 33.7 Å². The quantitative estimate of drug-likeness (QED) is 0.652. The van der Waals surface area contributed by atoms with Crippen molar-refractivity contribution in [1.82, 2.24) is 15.2 Å². The Balaban J connectivity index is 2.22. The van der Waals surface area contributed by atoms with Gasteiger partial charge in [-0.15, -0.1) is 0 Å². The minimum atomic E-state index is -0.548. The van der Waals surface area contributed by atoms with Crippen LogP contribution in [0, 0.1) is 18.6 Å². The Morgan fingerprint density at radius 1 is 1.33 bits per heavy atom. The van der Waals surface area contributed by atoms with Gasteiger partial charge in [0.25, 0.3) is 0 Å². The summed E-state index contributed by atoms with van der Waals surface area (Å²) in [6.45, 7) is 4.44. The van der Waals surface area contributed by atoms with E-state index in [1.807, 2.05) is 7.05 Å². The van der Waals surface area contributed by atoms with Gasteiger partial charge in [0.2, 0.25) is 0 Å². The zero-order chi connectivity index (χ0) is 15.6. The first-order valence-electron chi connectivity index (χ1n) is 7.23. The number of halogens is 2. The zero-order valence-corrected chi connectivity index (χ0v) is 12.9. The largest absolute Gasteiger partial charge is 0.304 e. The molecule has 0 spiro atoms. The first-order valence-corrected chi connectivity index (χ1v) is 7.23. The number of rotatable bonds is 4. The molecule has 2 rings (SSSR count). The van der Waals surface area contributed by atoms with E-state index < -0.39 is 17.7 Å². The number of benzene rings is 1. The van der Waals surface area contributed by atoms with Gasteiger partial charge in [0.15, 0.2) is 0 Å². The maximum Gasteiger partial charge on any atom is 0.133 e. The van der Waals surface area contributed by atoms with Crippen molar-refractivity contribution in [3.05, 3.63) is 34.9 Å². The van der Waals surface area contributed by atoms with Crippen LogP contribution in [-0.2, 0) is 0 Å². The summed E-state index contributed by atoms with van der Waals surface area (Å²) in [5.41, 5.74) is 3.06. The molecule has 2 unspecified atom stereocenters. The number of nitrogens with two attached hydrogens (primary N) is 1. The standard InChI is InChI=1S/C15H24F2N4/c1-10-4-5-12(16)14(15(10)17)13(19-18)8-11-9-20(2)6-7-21(11)3/h4-5,11,13,19H,6-9,18H2,1-3H3. The fourth-order valence-corrected chi connectivity index (χ4v) is 2.90. The Morgan fingerprint density at radius 3 is 2.71 bits per heavy atom. The van der Waals surface area contributed by atoms with Crippen molar-refractivity contribution < 1.29 is 8.78 Å². The van der Waals surface area contributed by atoms with Gasteiger partial charge in [0.05, 0.1) is 6.04 Å². The molecule has 1 heterocycles. The molecule has 0 saturated carbocycles. The second-order valence-electron chi connectivity index (χ2n) is 5.94. The van der Waals surface area contributed by atoms with Gasteiger partial charge in [0.1, 0.15) is 11.6 Å². The molecule has 1 saturated heterocycles. The predicted octanol–water partition coefficient (Wildman–Crippen LogP) is 1.41. The first-order chi connectivity index (χ1) is 9.93. The smallest absolute Gasteiger partial charge is 0.133 e. The van der Waals surface area contributed by atoms with Gasteiger partial charge in [-0.3, -0.25) is 11.3 Å². The summed E-state index contributed by atoms with van der Waals surface area (Å²) in [6, 6.07) is 2.42. The summed E-state index contributed by atoms with van der Waals surface area (Å²) in [5, 5.41) is 0. The van der Waals surface area contributed by atoms with E-state index in [0.29, 0.717) is 12.0 Å². The van der Waals surface area contributed by atoms with E-state index >= 15 is 0 Å². The van der Waals surface area contributed by atoms with E-state index in [1.54, 1.807) is 6.92 Å². The molecule has 3 N–H and O–H groups in total. The maximum atomic E-state index is 14.3. The molecule has 21 heavy (non-hydrogen) atoms. The van der Waals surface area contributed by atoms with Crippen LogP contribution in [0.3, 0.4) is 0 Å². The van der Waals surface area contributed by atoms with Gasteiger partial charge in [0, 0.05) is 31.2 Å². The lowest BCUT2D eigenvalue weighted by molar-refractivity contribution is 0.100. The van der Waals surface area contributed by atoms with Crippen LogP contribution in [0.4, 0.5) is 8.78 Å². The third-order valence-corrected chi connectivity index (χ3v) is 4.36. The molecule has 2 atom stereocenters. The molecule has 1 aromatic rings. The van der Waals surface area contributed by atoms with Crippen molar-refractivity contribution in [2.45, 2.75) is 25.4 Å². The van der Waals surface area contributed by atoms with Crippen LogP contribution in [0.15, 0.2) is 12.1 Å². The summed E-state index contributed by atoms with van der Waals surface area (Å²) >= 11 is 0. The van der Waals surface area contributed by atoms with Gasteiger partial charge < -0.3 is 9.80 Å². The van der Waals surface area contributed by atoms with Crippen LogP contribution in [0.2, 0.25) is 0 Å². The van der Waals surface area contributed by atoms with E-state index in [-0.39, 0.29) is 11.6 Å². The summed E-state index contributed by atoms with van der Waals surface area (Å²) in [6.07, 6.45) is 0.564. The van der Waals surface area contributed by atoms with E-state index in [9.17, 15) is 8.78 Å². The molecule has 1 aliphatic heterocycles. The topological polar surface area (TPSA) is 44.5 Å². The van der Waals surface area contributed by atoms with Crippen molar-refractivity contribution in [3.8, 4) is 0 Å². The number of nitrogens with zero attached hydrogens (tertiary/aromatic N) is 2. The fraction of sp³-hybridized carbons (Fsp3) is 0.600. The Kier molecular flexibility index (Phi) is 5.27. The first kappa shape index (κ1) is 16.3. The number of hydrogen-bond donors (Lipinski definition) is 2. The molecule has 1 aromatic carbocycles. The molecule has 1 aliphatic rings. The monoisotopic (exact) mass is 298 g/mol. The van der Waals surface area contributed by atoms with E-state index in [0.717, 1.165) is 19.6 Å². The molecule has 0 aromatic heterocycles. The lowest BCUT2D eigenvalue weighted by Crippen LogP contribution is -2.51.